The molecular formula is C12H17ClN4O. The lowest BCUT2D eigenvalue weighted by molar-refractivity contribution is 0.0947. The fourth-order valence-electron chi connectivity index (χ4n) is 1.87. The van der Waals surface area contributed by atoms with Gasteiger partial charge in [-0.3, -0.25) is 9.69 Å². The summed E-state index contributed by atoms with van der Waals surface area (Å²) in [7, 11) is 0. The molecule has 18 heavy (non-hydrogen) atoms. The molecule has 1 saturated heterocycles. The molecule has 0 aromatic carbocycles. The van der Waals surface area contributed by atoms with Gasteiger partial charge in [0.15, 0.2) is 0 Å². The van der Waals surface area contributed by atoms with Gasteiger partial charge in [0, 0.05) is 45.5 Å². The third-order valence-electron chi connectivity index (χ3n) is 2.91. The van der Waals surface area contributed by atoms with E-state index in [-0.39, 0.29) is 5.91 Å². The van der Waals surface area contributed by atoms with Crippen molar-refractivity contribution in [2.45, 2.75) is 0 Å². The molecule has 0 saturated carbocycles. The summed E-state index contributed by atoms with van der Waals surface area (Å²) < 4.78 is 0. The maximum Gasteiger partial charge on any atom is 0.252 e. The lowest BCUT2D eigenvalue weighted by Crippen LogP contribution is -2.46. The topological polar surface area (TPSA) is 57.3 Å². The van der Waals surface area contributed by atoms with Gasteiger partial charge in [0.2, 0.25) is 0 Å². The number of aromatic nitrogens is 1. The Labute approximate surface area is 112 Å². The monoisotopic (exact) mass is 268 g/mol. The van der Waals surface area contributed by atoms with Gasteiger partial charge in [-0.1, -0.05) is 11.6 Å². The zero-order valence-corrected chi connectivity index (χ0v) is 10.9. The molecule has 1 fully saturated rings. The van der Waals surface area contributed by atoms with Crippen molar-refractivity contribution in [1.82, 2.24) is 20.5 Å². The van der Waals surface area contributed by atoms with Crippen LogP contribution >= 0.6 is 11.6 Å². The zero-order valence-electron chi connectivity index (χ0n) is 10.2. The fraction of sp³-hybridized carbons (Fsp3) is 0.500. The Bertz CT molecular complexity index is 390. The van der Waals surface area contributed by atoms with E-state index in [1.165, 1.54) is 6.20 Å². The number of hydrogen-bond donors (Lipinski definition) is 2. The molecule has 1 amide bonds. The van der Waals surface area contributed by atoms with E-state index < -0.39 is 0 Å². The van der Waals surface area contributed by atoms with Crippen molar-refractivity contribution >= 4 is 17.5 Å². The molecule has 1 aliphatic heterocycles. The quantitative estimate of drug-likeness (QED) is 0.775. The maximum absolute atomic E-state index is 11.8. The van der Waals surface area contributed by atoms with Crippen molar-refractivity contribution in [2.75, 3.05) is 39.3 Å². The average Bonchev–Trinajstić information content (AvgIpc) is 2.40. The molecule has 1 aromatic heterocycles. The normalized spacial score (nSPS) is 16.5. The first-order valence-corrected chi connectivity index (χ1v) is 6.46. The van der Waals surface area contributed by atoms with Crippen LogP contribution in [-0.2, 0) is 0 Å². The van der Waals surface area contributed by atoms with Crippen LogP contribution in [0.1, 0.15) is 10.4 Å². The van der Waals surface area contributed by atoms with Crippen LogP contribution in [0.25, 0.3) is 0 Å². The summed E-state index contributed by atoms with van der Waals surface area (Å²) in [5.74, 6) is -0.102. The van der Waals surface area contributed by atoms with Gasteiger partial charge in [0.1, 0.15) is 5.15 Å². The summed E-state index contributed by atoms with van der Waals surface area (Å²) in [6, 6.07) is 3.29. The van der Waals surface area contributed by atoms with E-state index in [2.05, 4.69) is 20.5 Å². The number of rotatable bonds is 4. The van der Waals surface area contributed by atoms with Crippen LogP contribution in [-0.4, -0.2) is 55.1 Å². The molecule has 0 radical (unpaired) electrons. The Balaban J connectivity index is 1.72. The van der Waals surface area contributed by atoms with Crippen molar-refractivity contribution in [3.8, 4) is 0 Å². The number of hydrogen-bond acceptors (Lipinski definition) is 4. The second kappa shape index (κ2) is 6.68. The second-order valence-corrected chi connectivity index (χ2v) is 4.60. The van der Waals surface area contributed by atoms with E-state index in [0.717, 1.165) is 32.7 Å². The van der Waals surface area contributed by atoms with Gasteiger partial charge in [-0.25, -0.2) is 4.98 Å². The first-order valence-electron chi connectivity index (χ1n) is 6.08. The largest absolute Gasteiger partial charge is 0.351 e. The number of carbonyl (C=O) groups is 1. The molecular weight excluding hydrogens is 252 g/mol. The minimum absolute atomic E-state index is 0.102. The summed E-state index contributed by atoms with van der Waals surface area (Å²) >= 11 is 5.67. The van der Waals surface area contributed by atoms with Crippen LogP contribution in [0.2, 0.25) is 5.15 Å². The Morgan fingerprint density at radius 3 is 2.89 bits per heavy atom. The van der Waals surface area contributed by atoms with E-state index in [1.54, 1.807) is 12.1 Å². The Kier molecular flexibility index (Phi) is 4.92. The molecule has 0 aliphatic carbocycles. The second-order valence-electron chi connectivity index (χ2n) is 4.22. The SMILES string of the molecule is O=C(NCCN1CCNCC1)c1ccc(Cl)nc1. The molecule has 0 atom stereocenters. The first kappa shape index (κ1) is 13.3. The zero-order chi connectivity index (χ0) is 12.8. The first-order chi connectivity index (χ1) is 8.75. The van der Waals surface area contributed by atoms with E-state index >= 15 is 0 Å². The van der Waals surface area contributed by atoms with Gasteiger partial charge in [-0.15, -0.1) is 0 Å². The van der Waals surface area contributed by atoms with Gasteiger partial charge < -0.3 is 10.6 Å². The lowest BCUT2D eigenvalue weighted by Gasteiger charge is -2.27. The number of nitrogens with one attached hydrogen (secondary N) is 2. The minimum Gasteiger partial charge on any atom is -0.351 e. The standard InChI is InChI=1S/C12H17ClN4O/c13-11-2-1-10(9-16-11)12(18)15-5-8-17-6-3-14-4-7-17/h1-2,9,14H,3-8H2,(H,15,18). The number of amides is 1. The molecule has 1 aliphatic rings. The molecule has 0 unspecified atom stereocenters. The average molecular weight is 269 g/mol. The van der Waals surface area contributed by atoms with Crippen LogP contribution in [0.5, 0.6) is 0 Å². The van der Waals surface area contributed by atoms with Crippen molar-refractivity contribution in [2.24, 2.45) is 0 Å². The van der Waals surface area contributed by atoms with Crippen molar-refractivity contribution in [3.05, 3.63) is 29.0 Å². The van der Waals surface area contributed by atoms with Gasteiger partial charge in [-0.2, -0.15) is 0 Å². The fourth-order valence-corrected chi connectivity index (χ4v) is 1.99. The predicted molar refractivity (Wildman–Crippen MR) is 70.9 cm³/mol. The van der Waals surface area contributed by atoms with Crippen LogP contribution in [0.3, 0.4) is 0 Å². The molecule has 98 valence electrons. The van der Waals surface area contributed by atoms with Gasteiger partial charge >= 0.3 is 0 Å². The third kappa shape index (κ3) is 3.94. The minimum atomic E-state index is -0.102. The Hall–Kier alpha value is -1.17. The molecule has 0 spiro atoms. The van der Waals surface area contributed by atoms with Gasteiger partial charge in [-0.05, 0) is 12.1 Å². The molecule has 1 aromatic rings. The molecule has 2 N–H and O–H groups in total. The Morgan fingerprint density at radius 1 is 1.44 bits per heavy atom. The van der Waals surface area contributed by atoms with Crippen molar-refractivity contribution in [1.29, 1.82) is 0 Å². The summed E-state index contributed by atoms with van der Waals surface area (Å²) in [5.41, 5.74) is 0.541. The molecule has 5 nitrogen and oxygen atoms in total. The maximum atomic E-state index is 11.8. The third-order valence-corrected chi connectivity index (χ3v) is 3.14. The van der Waals surface area contributed by atoms with Crippen LogP contribution in [0.4, 0.5) is 0 Å². The number of carbonyl (C=O) groups excluding carboxylic acids is 1. The van der Waals surface area contributed by atoms with Crippen LogP contribution in [0.15, 0.2) is 18.3 Å². The highest BCUT2D eigenvalue weighted by molar-refractivity contribution is 6.29. The summed E-state index contributed by atoms with van der Waals surface area (Å²) in [6.07, 6.45) is 1.49. The number of pyridine rings is 1. The number of nitrogens with zero attached hydrogens (tertiary/aromatic N) is 2. The highest BCUT2D eigenvalue weighted by atomic mass is 35.5. The molecule has 2 heterocycles. The predicted octanol–water partition coefficient (Wildman–Crippen LogP) is 0.370. The number of piperazine rings is 1. The highest BCUT2D eigenvalue weighted by Crippen LogP contribution is 2.04. The lowest BCUT2D eigenvalue weighted by atomic mass is 10.2. The summed E-state index contributed by atoms with van der Waals surface area (Å²) in [4.78, 5) is 18.0. The van der Waals surface area contributed by atoms with Crippen LogP contribution in [0, 0.1) is 0 Å². The van der Waals surface area contributed by atoms with E-state index in [4.69, 9.17) is 11.6 Å². The summed E-state index contributed by atoms with van der Waals surface area (Å²) in [5, 5.41) is 6.57. The highest BCUT2D eigenvalue weighted by Gasteiger charge is 2.10. The number of halogens is 1. The smallest absolute Gasteiger partial charge is 0.252 e. The molecule has 0 bridgehead atoms. The van der Waals surface area contributed by atoms with Gasteiger partial charge in [0.05, 0.1) is 5.56 Å². The van der Waals surface area contributed by atoms with E-state index in [1.807, 2.05) is 0 Å². The van der Waals surface area contributed by atoms with Crippen molar-refractivity contribution < 1.29 is 4.79 Å². The van der Waals surface area contributed by atoms with Crippen LogP contribution < -0.4 is 10.6 Å². The van der Waals surface area contributed by atoms with E-state index in [0.29, 0.717) is 17.3 Å². The van der Waals surface area contributed by atoms with Gasteiger partial charge in [0.25, 0.3) is 5.91 Å². The Morgan fingerprint density at radius 2 is 2.22 bits per heavy atom. The molecule has 6 heteroatoms. The van der Waals surface area contributed by atoms with E-state index in [9.17, 15) is 4.79 Å². The van der Waals surface area contributed by atoms with Crippen molar-refractivity contribution in [3.63, 3.8) is 0 Å². The summed E-state index contributed by atoms with van der Waals surface area (Å²) in [6.45, 7) is 5.66. The molecule has 2 rings (SSSR count).